The molecule has 1 N–H and O–H groups in total. The molecule has 2 aromatic rings. The van der Waals surface area contributed by atoms with Gasteiger partial charge < -0.3 is 10.1 Å². The molecule has 0 bridgehead atoms. The summed E-state index contributed by atoms with van der Waals surface area (Å²) in [5.74, 6) is -1.24. The predicted octanol–water partition coefficient (Wildman–Crippen LogP) is 3.60. The molecule has 0 radical (unpaired) electrons. The van der Waals surface area contributed by atoms with Crippen LogP contribution < -0.4 is 10.1 Å². The Bertz CT molecular complexity index is 755. The fraction of sp³-hybridized carbons (Fsp3) is 0.286. The van der Waals surface area contributed by atoms with Crippen LogP contribution in [0, 0.1) is 6.92 Å². The molecule has 10 heteroatoms. The lowest BCUT2D eigenvalue weighted by molar-refractivity contribution is -0.141. The van der Waals surface area contributed by atoms with Crippen LogP contribution >= 0.6 is 0 Å². The Labute approximate surface area is 133 Å². The third-order valence-electron chi connectivity index (χ3n) is 3.00. The summed E-state index contributed by atoms with van der Waals surface area (Å²) in [6.07, 6.45) is -4.70. The summed E-state index contributed by atoms with van der Waals surface area (Å²) in [5, 5.41) is 5.47. The molecule has 0 aliphatic carbocycles. The highest BCUT2D eigenvalue weighted by Gasteiger charge is 2.35. The smallest absolute Gasteiger partial charge is 0.433 e. The Balaban J connectivity index is 2.30. The van der Waals surface area contributed by atoms with Crippen molar-refractivity contribution in [3.05, 3.63) is 41.2 Å². The molecular weight excluding hydrogens is 337 g/mol. The third kappa shape index (κ3) is 4.00. The molecule has 5 nitrogen and oxygen atoms in total. The second kappa shape index (κ2) is 6.46. The van der Waals surface area contributed by atoms with Gasteiger partial charge in [0.25, 0.3) is 5.91 Å². The second-order valence-electron chi connectivity index (χ2n) is 4.87. The summed E-state index contributed by atoms with van der Waals surface area (Å²) >= 11 is 0. The van der Waals surface area contributed by atoms with Crippen LogP contribution in [0.15, 0.2) is 24.3 Å². The average molecular weight is 349 g/mol. The summed E-state index contributed by atoms with van der Waals surface area (Å²) < 4.78 is 67.7. The number of aryl methyl sites for hydroxylation is 2. The first kappa shape index (κ1) is 17.7. The van der Waals surface area contributed by atoms with Gasteiger partial charge >= 0.3 is 12.8 Å². The Hall–Kier alpha value is -2.65. The number of rotatable bonds is 4. The molecule has 0 unspecified atom stereocenters. The van der Waals surface area contributed by atoms with Gasteiger partial charge in [0, 0.05) is 13.1 Å². The Morgan fingerprint density at radius 1 is 1.29 bits per heavy atom. The fourth-order valence-corrected chi connectivity index (χ4v) is 1.94. The highest BCUT2D eigenvalue weighted by molar-refractivity contribution is 6.04. The first-order chi connectivity index (χ1) is 11.1. The average Bonchev–Trinajstić information content (AvgIpc) is 2.83. The van der Waals surface area contributed by atoms with E-state index in [1.54, 1.807) is 6.92 Å². The highest BCUT2D eigenvalue weighted by Crippen LogP contribution is 2.30. The minimum atomic E-state index is -4.70. The molecule has 0 aliphatic rings. The van der Waals surface area contributed by atoms with Gasteiger partial charge in [-0.3, -0.25) is 9.48 Å². The van der Waals surface area contributed by atoms with Gasteiger partial charge in [-0.25, -0.2) is 0 Å². The van der Waals surface area contributed by atoms with Crippen molar-refractivity contribution in [2.75, 3.05) is 5.32 Å². The highest BCUT2D eigenvalue weighted by atomic mass is 19.4. The quantitative estimate of drug-likeness (QED) is 0.858. The number of amides is 1. The SMILES string of the molecule is Cc1ccc(OC(F)F)c(NC(=O)c2cc(C(F)(F)F)nn2C)c1. The van der Waals surface area contributed by atoms with Gasteiger partial charge in [-0.05, 0) is 24.6 Å². The van der Waals surface area contributed by atoms with Crippen LogP contribution in [0.3, 0.4) is 0 Å². The lowest BCUT2D eigenvalue weighted by Crippen LogP contribution is -2.17. The van der Waals surface area contributed by atoms with E-state index in [0.717, 1.165) is 11.7 Å². The number of anilines is 1. The first-order valence-electron chi connectivity index (χ1n) is 6.56. The van der Waals surface area contributed by atoms with Gasteiger partial charge in [-0.1, -0.05) is 6.07 Å². The molecule has 0 saturated heterocycles. The summed E-state index contributed by atoms with van der Waals surface area (Å²) in [5.41, 5.74) is -1.07. The van der Waals surface area contributed by atoms with E-state index in [-0.39, 0.29) is 17.1 Å². The van der Waals surface area contributed by atoms with Crippen molar-refractivity contribution in [3.8, 4) is 5.75 Å². The molecule has 0 aliphatic heterocycles. The van der Waals surface area contributed by atoms with Crippen molar-refractivity contribution in [2.24, 2.45) is 7.05 Å². The summed E-state index contributed by atoms with van der Waals surface area (Å²) in [7, 11) is 1.16. The molecule has 1 amide bonds. The zero-order valence-electron chi connectivity index (χ0n) is 12.5. The van der Waals surface area contributed by atoms with Gasteiger partial charge in [0.05, 0.1) is 5.69 Å². The number of hydrogen-bond acceptors (Lipinski definition) is 3. The largest absolute Gasteiger partial charge is 0.435 e. The number of hydrogen-bond donors (Lipinski definition) is 1. The molecule has 130 valence electrons. The number of carbonyl (C=O) groups is 1. The number of halogens is 5. The number of nitrogens with zero attached hydrogens (tertiary/aromatic N) is 2. The zero-order valence-corrected chi connectivity index (χ0v) is 12.5. The van der Waals surface area contributed by atoms with Crippen LogP contribution in [0.2, 0.25) is 0 Å². The van der Waals surface area contributed by atoms with Crippen LogP contribution in [-0.2, 0) is 13.2 Å². The van der Waals surface area contributed by atoms with Gasteiger partial charge in [-0.15, -0.1) is 0 Å². The number of nitrogens with one attached hydrogen (secondary N) is 1. The van der Waals surface area contributed by atoms with Gasteiger partial charge in [0.2, 0.25) is 0 Å². The monoisotopic (exact) mass is 349 g/mol. The van der Waals surface area contributed by atoms with Crippen molar-refractivity contribution in [3.63, 3.8) is 0 Å². The van der Waals surface area contributed by atoms with Gasteiger partial charge in [-0.2, -0.15) is 27.1 Å². The van der Waals surface area contributed by atoms with E-state index >= 15 is 0 Å². The molecule has 1 aromatic carbocycles. The Morgan fingerprint density at radius 3 is 2.50 bits per heavy atom. The van der Waals surface area contributed by atoms with E-state index in [0.29, 0.717) is 11.6 Å². The van der Waals surface area contributed by atoms with Gasteiger partial charge in [0.15, 0.2) is 5.69 Å². The number of ether oxygens (including phenoxy) is 1. The maximum Gasteiger partial charge on any atom is 0.435 e. The van der Waals surface area contributed by atoms with E-state index < -0.39 is 24.4 Å². The maximum absolute atomic E-state index is 12.6. The van der Waals surface area contributed by atoms with E-state index in [2.05, 4.69) is 15.2 Å². The molecule has 0 fully saturated rings. The number of benzene rings is 1. The predicted molar refractivity (Wildman–Crippen MR) is 74.0 cm³/mol. The van der Waals surface area contributed by atoms with Crippen molar-refractivity contribution in [1.29, 1.82) is 0 Å². The van der Waals surface area contributed by atoms with E-state index in [4.69, 9.17) is 0 Å². The lowest BCUT2D eigenvalue weighted by atomic mass is 10.2. The molecule has 0 saturated carbocycles. The van der Waals surface area contributed by atoms with Crippen molar-refractivity contribution >= 4 is 11.6 Å². The number of aromatic nitrogens is 2. The van der Waals surface area contributed by atoms with Crippen molar-refractivity contribution in [2.45, 2.75) is 19.7 Å². The van der Waals surface area contributed by atoms with Crippen LogP contribution in [0.4, 0.5) is 27.6 Å². The van der Waals surface area contributed by atoms with Crippen LogP contribution in [0.5, 0.6) is 5.75 Å². The standard InChI is InChI=1S/C14H12F5N3O2/c1-7-3-4-10(24-13(15)16)8(5-7)20-12(23)9-6-11(14(17,18)19)21-22(9)2/h3-6,13H,1-2H3,(H,20,23). The van der Waals surface area contributed by atoms with E-state index in [1.807, 2.05) is 0 Å². The third-order valence-corrected chi connectivity index (χ3v) is 3.00. The van der Waals surface area contributed by atoms with Crippen LogP contribution in [0.1, 0.15) is 21.7 Å². The first-order valence-corrected chi connectivity index (χ1v) is 6.56. The van der Waals surface area contributed by atoms with E-state index in [9.17, 15) is 26.7 Å². The van der Waals surface area contributed by atoms with Gasteiger partial charge in [0.1, 0.15) is 11.4 Å². The molecule has 24 heavy (non-hydrogen) atoms. The zero-order chi connectivity index (χ0) is 18.1. The molecule has 0 atom stereocenters. The van der Waals surface area contributed by atoms with Crippen molar-refractivity contribution < 1.29 is 31.5 Å². The Morgan fingerprint density at radius 2 is 1.96 bits per heavy atom. The summed E-state index contributed by atoms with van der Waals surface area (Å²) in [6.45, 7) is -1.47. The second-order valence-corrected chi connectivity index (χ2v) is 4.87. The van der Waals surface area contributed by atoms with Crippen LogP contribution in [0.25, 0.3) is 0 Å². The maximum atomic E-state index is 12.6. The fourth-order valence-electron chi connectivity index (χ4n) is 1.94. The topological polar surface area (TPSA) is 56.1 Å². The molecular formula is C14H12F5N3O2. The molecule has 1 heterocycles. The molecule has 1 aromatic heterocycles. The molecule has 2 rings (SSSR count). The van der Waals surface area contributed by atoms with E-state index in [1.165, 1.54) is 18.2 Å². The minimum Gasteiger partial charge on any atom is -0.433 e. The normalized spacial score (nSPS) is 11.7. The lowest BCUT2D eigenvalue weighted by Gasteiger charge is -2.12. The summed E-state index contributed by atoms with van der Waals surface area (Å²) in [6, 6.07) is 4.64. The number of carbonyl (C=O) groups excluding carboxylic acids is 1. The molecule has 0 spiro atoms. The number of alkyl halides is 5. The van der Waals surface area contributed by atoms with Crippen LogP contribution in [-0.4, -0.2) is 22.3 Å². The Kier molecular flexibility index (Phi) is 4.76. The van der Waals surface area contributed by atoms with Crippen molar-refractivity contribution in [1.82, 2.24) is 9.78 Å². The minimum absolute atomic E-state index is 0.0879. The summed E-state index contributed by atoms with van der Waals surface area (Å²) in [4.78, 5) is 12.1.